The lowest BCUT2D eigenvalue weighted by molar-refractivity contribution is -0.137. The van der Waals surface area contributed by atoms with E-state index in [0.29, 0.717) is 58.8 Å². The molecule has 1 aliphatic heterocycles. The fraction of sp³-hybridized carbons (Fsp3) is 0.273. The SMILES string of the molecule is Cc1nc(-c2ccc(C(F)(F)F)cc2)sc1C(=O)Nc1ccc(N2CCOCC2)c(F)c1. The van der Waals surface area contributed by atoms with Gasteiger partial charge in [0, 0.05) is 24.3 Å². The van der Waals surface area contributed by atoms with E-state index in [0.717, 1.165) is 23.5 Å². The molecule has 0 saturated carbocycles. The molecule has 2 heterocycles. The highest BCUT2D eigenvalue weighted by Crippen LogP contribution is 2.33. The molecule has 3 aromatic rings. The van der Waals surface area contributed by atoms with Gasteiger partial charge in [-0.25, -0.2) is 9.37 Å². The minimum atomic E-state index is -4.42. The first kappa shape index (κ1) is 22.2. The first-order valence-electron chi connectivity index (χ1n) is 9.81. The molecule has 0 atom stereocenters. The number of ether oxygens (including phenoxy) is 1. The monoisotopic (exact) mass is 465 g/mol. The van der Waals surface area contributed by atoms with Crippen molar-refractivity contribution in [3.63, 3.8) is 0 Å². The number of amides is 1. The Balaban J connectivity index is 1.49. The predicted molar refractivity (Wildman–Crippen MR) is 115 cm³/mol. The lowest BCUT2D eigenvalue weighted by Crippen LogP contribution is -2.36. The Morgan fingerprint density at radius 2 is 1.81 bits per heavy atom. The Morgan fingerprint density at radius 1 is 1.12 bits per heavy atom. The van der Waals surface area contributed by atoms with E-state index < -0.39 is 23.5 Å². The average Bonchev–Trinajstić information content (AvgIpc) is 3.16. The summed E-state index contributed by atoms with van der Waals surface area (Å²) in [5, 5.41) is 3.09. The van der Waals surface area contributed by atoms with E-state index in [-0.39, 0.29) is 0 Å². The maximum Gasteiger partial charge on any atom is 0.416 e. The zero-order chi connectivity index (χ0) is 22.9. The van der Waals surface area contributed by atoms with Crippen LogP contribution in [0.4, 0.5) is 28.9 Å². The molecule has 2 aromatic carbocycles. The Kier molecular flexibility index (Phi) is 6.16. The molecule has 1 saturated heterocycles. The molecule has 4 rings (SSSR count). The summed E-state index contributed by atoms with van der Waals surface area (Å²) in [6.07, 6.45) is -4.42. The van der Waals surface area contributed by atoms with Gasteiger partial charge in [0.2, 0.25) is 0 Å². The minimum absolute atomic E-state index is 0.299. The molecule has 1 N–H and O–H groups in total. The number of nitrogens with one attached hydrogen (secondary N) is 1. The van der Waals surface area contributed by atoms with Gasteiger partial charge in [0.15, 0.2) is 0 Å². The van der Waals surface area contributed by atoms with Gasteiger partial charge in [-0.2, -0.15) is 13.2 Å². The molecule has 0 aliphatic carbocycles. The Hall–Kier alpha value is -2.98. The molecule has 1 aliphatic rings. The number of rotatable bonds is 4. The van der Waals surface area contributed by atoms with Gasteiger partial charge in [0.25, 0.3) is 5.91 Å². The molecule has 168 valence electrons. The molecule has 32 heavy (non-hydrogen) atoms. The van der Waals surface area contributed by atoms with Gasteiger partial charge in [-0.3, -0.25) is 4.79 Å². The van der Waals surface area contributed by atoms with Crippen LogP contribution in [-0.2, 0) is 10.9 Å². The van der Waals surface area contributed by atoms with Crippen molar-refractivity contribution < 1.29 is 27.1 Å². The van der Waals surface area contributed by atoms with Crippen LogP contribution in [0.15, 0.2) is 42.5 Å². The Morgan fingerprint density at radius 3 is 2.44 bits per heavy atom. The third kappa shape index (κ3) is 4.76. The normalized spacial score (nSPS) is 14.5. The van der Waals surface area contributed by atoms with Crippen molar-refractivity contribution in [2.45, 2.75) is 13.1 Å². The molecule has 0 spiro atoms. The van der Waals surface area contributed by atoms with Crippen LogP contribution in [0.2, 0.25) is 0 Å². The van der Waals surface area contributed by atoms with E-state index in [2.05, 4.69) is 10.3 Å². The lowest BCUT2D eigenvalue weighted by atomic mass is 10.1. The second kappa shape index (κ2) is 8.87. The van der Waals surface area contributed by atoms with Crippen molar-refractivity contribution in [3.05, 3.63) is 64.4 Å². The predicted octanol–water partition coefficient (Wildman–Crippen LogP) is 5.37. The molecule has 0 bridgehead atoms. The number of hydrogen-bond acceptors (Lipinski definition) is 5. The molecule has 10 heteroatoms. The third-order valence-corrected chi connectivity index (χ3v) is 6.22. The van der Waals surface area contributed by atoms with Crippen molar-refractivity contribution in [2.24, 2.45) is 0 Å². The number of carbonyl (C=O) groups is 1. The minimum Gasteiger partial charge on any atom is -0.378 e. The molecule has 5 nitrogen and oxygen atoms in total. The van der Waals surface area contributed by atoms with Crippen LogP contribution in [0.25, 0.3) is 10.6 Å². The van der Waals surface area contributed by atoms with Crippen molar-refractivity contribution in [1.29, 1.82) is 0 Å². The van der Waals surface area contributed by atoms with Crippen molar-refractivity contribution in [1.82, 2.24) is 4.98 Å². The summed E-state index contributed by atoms with van der Waals surface area (Å²) in [6, 6.07) is 9.10. The van der Waals surface area contributed by atoms with Crippen LogP contribution in [0.5, 0.6) is 0 Å². The Bertz CT molecular complexity index is 1120. The van der Waals surface area contributed by atoms with Gasteiger partial charge in [-0.15, -0.1) is 11.3 Å². The number of aromatic nitrogens is 1. The molecule has 1 amide bonds. The summed E-state index contributed by atoms with van der Waals surface area (Å²) < 4.78 is 58.1. The summed E-state index contributed by atoms with van der Waals surface area (Å²) in [7, 11) is 0. The van der Waals surface area contributed by atoms with Gasteiger partial charge < -0.3 is 15.0 Å². The molecule has 1 aromatic heterocycles. The van der Waals surface area contributed by atoms with E-state index in [9.17, 15) is 22.4 Å². The van der Waals surface area contributed by atoms with Crippen LogP contribution < -0.4 is 10.2 Å². The summed E-state index contributed by atoms with van der Waals surface area (Å²) in [6.45, 7) is 3.89. The van der Waals surface area contributed by atoms with Gasteiger partial charge in [-0.05, 0) is 37.3 Å². The number of benzene rings is 2. The van der Waals surface area contributed by atoms with Crippen molar-refractivity contribution in [2.75, 3.05) is 36.5 Å². The number of hydrogen-bond donors (Lipinski definition) is 1. The number of alkyl halides is 3. The van der Waals surface area contributed by atoms with E-state index in [1.165, 1.54) is 18.2 Å². The second-order valence-electron chi connectivity index (χ2n) is 7.23. The topological polar surface area (TPSA) is 54.5 Å². The number of thiazole rings is 1. The first-order chi connectivity index (χ1) is 15.2. The molecule has 1 fully saturated rings. The highest BCUT2D eigenvalue weighted by molar-refractivity contribution is 7.17. The summed E-state index contributed by atoms with van der Waals surface area (Å²) in [5.74, 6) is -0.909. The van der Waals surface area contributed by atoms with Crippen molar-refractivity contribution in [3.8, 4) is 10.6 Å². The van der Waals surface area contributed by atoms with Gasteiger partial charge >= 0.3 is 6.18 Å². The van der Waals surface area contributed by atoms with Crippen LogP contribution >= 0.6 is 11.3 Å². The van der Waals surface area contributed by atoms with E-state index in [1.807, 2.05) is 4.90 Å². The zero-order valence-corrected chi connectivity index (χ0v) is 17.8. The number of anilines is 2. The van der Waals surface area contributed by atoms with Crippen LogP contribution in [0.3, 0.4) is 0 Å². The number of morpholine rings is 1. The first-order valence-corrected chi connectivity index (χ1v) is 10.6. The lowest BCUT2D eigenvalue weighted by Gasteiger charge is -2.29. The molecular formula is C22H19F4N3O2S. The van der Waals surface area contributed by atoms with E-state index in [4.69, 9.17) is 4.74 Å². The van der Waals surface area contributed by atoms with Gasteiger partial charge in [0.05, 0.1) is 30.2 Å². The van der Waals surface area contributed by atoms with E-state index >= 15 is 0 Å². The number of nitrogens with zero attached hydrogens (tertiary/aromatic N) is 2. The highest BCUT2D eigenvalue weighted by Gasteiger charge is 2.30. The standard InChI is InChI=1S/C22H19F4N3O2S/c1-13-19(32-21(27-13)14-2-4-15(5-3-14)22(24,25)26)20(30)28-16-6-7-18(17(23)12-16)29-8-10-31-11-9-29/h2-7,12H,8-11H2,1H3,(H,28,30). The zero-order valence-electron chi connectivity index (χ0n) is 17.0. The summed E-state index contributed by atoms with van der Waals surface area (Å²) in [4.78, 5) is 19.2. The average molecular weight is 465 g/mol. The summed E-state index contributed by atoms with van der Waals surface area (Å²) >= 11 is 1.06. The maximum absolute atomic E-state index is 14.6. The van der Waals surface area contributed by atoms with Gasteiger partial charge in [0.1, 0.15) is 15.7 Å². The Labute approximate surface area is 185 Å². The third-order valence-electron chi connectivity index (χ3n) is 5.02. The fourth-order valence-corrected chi connectivity index (χ4v) is 4.33. The van der Waals surface area contributed by atoms with Crippen LogP contribution in [-0.4, -0.2) is 37.2 Å². The smallest absolute Gasteiger partial charge is 0.378 e. The summed E-state index contributed by atoms with van der Waals surface area (Å²) in [5.41, 5.74) is 0.909. The maximum atomic E-state index is 14.6. The molecule has 0 radical (unpaired) electrons. The second-order valence-corrected chi connectivity index (χ2v) is 8.23. The van der Waals surface area contributed by atoms with Crippen LogP contribution in [0, 0.1) is 12.7 Å². The largest absolute Gasteiger partial charge is 0.416 e. The van der Waals surface area contributed by atoms with Crippen LogP contribution in [0.1, 0.15) is 20.9 Å². The number of aryl methyl sites for hydroxylation is 1. The van der Waals surface area contributed by atoms with E-state index in [1.54, 1.807) is 19.1 Å². The quantitative estimate of drug-likeness (QED) is 0.527. The number of carbonyl (C=O) groups excluding carboxylic acids is 1. The highest BCUT2D eigenvalue weighted by atomic mass is 32.1. The van der Waals surface area contributed by atoms with Crippen molar-refractivity contribution >= 4 is 28.6 Å². The number of halogens is 4. The molecule has 0 unspecified atom stereocenters. The molecular weight excluding hydrogens is 446 g/mol. The fourth-order valence-electron chi connectivity index (χ4n) is 3.37. The van der Waals surface area contributed by atoms with Gasteiger partial charge in [-0.1, -0.05) is 12.1 Å².